The van der Waals surface area contributed by atoms with Gasteiger partial charge in [-0.15, -0.1) is 0 Å². The lowest BCUT2D eigenvalue weighted by atomic mass is 9.85. The van der Waals surface area contributed by atoms with Crippen molar-refractivity contribution in [1.82, 2.24) is 9.91 Å². The fourth-order valence-corrected chi connectivity index (χ4v) is 5.57. The van der Waals surface area contributed by atoms with Gasteiger partial charge in [-0.3, -0.25) is 14.4 Å². The van der Waals surface area contributed by atoms with Crippen molar-refractivity contribution >= 4 is 47.1 Å². The minimum atomic E-state index is -0.304. The van der Waals surface area contributed by atoms with Gasteiger partial charge in [-0.2, -0.15) is 10.1 Å². The molecule has 2 aliphatic heterocycles. The SMILES string of the molecule is O=C(COc1c(Cl)cc(C=NN2C(=O)[C@@H]3[C@H](C2=O)[C@H]2C=C[C@H]3C2)cc1Cl)N1CCOCC1. The molecule has 2 heterocycles. The predicted octanol–water partition coefficient (Wildman–Crippen LogP) is 2.37. The van der Waals surface area contributed by atoms with E-state index in [1.54, 1.807) is 17.0 Å². The van der Waals surface area contributed by atoms with E-state index in [0.29, 0.717) is 31.9 Å². The van der Waals surface area contributed by atoms with Crippen LogP contribution >= 0.6 is 23.2 Å². The average Bonchev–Trinajstić information content (AvgIpc) is 3.46. The number of nitrogens with zero attached hydrogens (tertiary/aromatic N) is 3. The van der Waals surface area contributed by atoms with Crippen molar-refractivity contribution < 1.29 is 23.9 Å². The first-order chi connectivity index (χ1) is 15.4. The van der Waals surface area contributed by atoms with Gasteiger partial charge in [0.1, 0.15) is 0 Å². The van der Waals surface area contributed by atoms with Crippen molar-refractivity contribution in [2.75, 3.05) is 32.9 Å². The normalized spacial score (nSPS) is 28.8. The molecule has 1 aromatic carbocycles. The van der Waals surface area contributed by atoms with Gasteiger partial charge in [-0.1, -0.05) is 35.4 Å². The summed E-state index contributed by atoms with van der Waals surface area (Å²) in [5.41, 5.74) is 0.505. The van der Waals surface area contributed by atoms with Crippen molar-refractivity contribution in [1.29, 1.82) is 0 Å². The number of hydrazone groups is 1. The Morgan fingerprint density at radius 1 is 1.09 bits per heavy atom. The van der Waals surface area contributed by atoms with Crippen LogP contribution in [-0.2, 0) is 19.1 Å². The summed E-state index contributed by atoms with van der Waals surface area (Å²) in [4.78, 5) is 39.4. The Kier molecular flexibility index (Phi) is 5.69. The highest BCUT2D eigenvalue weighted by molar-refractivity contribution is 6.37. The zero-order valence-electron chi connectivity index (χ0n) is 17.1. The predicted molar refractivity (Wildman–Crippen MR) is 117 cm³/mol. The first-order valence-electron chi connectivity index (χ1n) is 10.5. The topological polar surface area (TPSA) is 88.5 Å². The Balaban J connectivity index is 1.25. The maximum atomic E-state index is 12.7. The Hall–Kier alpha value is -2.42. The van der Waals surface area contributed by atoms with Crippen LogP contribution in [0.4, 0.5) is 0 Å². The van der Waals surface area contributed by atoms with E-state index >= 15 is 0 Å². The van der Waals surface area contributed by atoms with Crippen molar-refractivity contribution in [2.24, 2.45) is 28.8 Å². The number of carbonyl (C=O) groups is 3. The maximum absolute atomic E-state index is 12.7. The molecule has 0 radical (unpaired) electrons. The first kappa shape index (κ1) is 21.4. The second kappa shape index (κ2) is 8.50. The molecule has 4 aliphatic rings. The molecule has 1 aromatic rings. The summed E-state index contributed by atoms with van der Waals surface area (Å²) in [6.45, 7) is 1.85. The van der Waals surface area contributed by atoms with E-state index in [4.69, 9.17) is 32.7 Å². The van der Waals surface area contributed by atoms with E-state index in [2.05, 4.69) is 5.10 Å². The number of morpholine rings is 1. The highest BCUT2D eigenvalue weighted by atomic mass is 35.5. The van der Waals surface area contributed by atoms with Gasteiger partial charge < -0.3 is 14.4 Å². The molecule has 2 saturated heterocycles. The van der Waals surface area contributed by atoms with Crippen LogP contribution in [0.5, 0.6) is 5.75 Å². The molecule has 3 fully saturated rings. The molecule has 1 saturated carbocycles. The molecule has 168 valence electrons. The largest absolute Gasteiger partial charge is 0.481 e. The van der Waals surface area contributed by atoms with Crippen molar-refractivity contribution in [3.05, 3.63) is 39.9 Å². The molecular weight excluding hydrogens is 457 g/mol. The van der Waals surface area contributed by atoms with Gasteiger partial charge in [0.2, 0.25) is 0 Å². The van der Waals surface area contributed by atoms with E-state index in [9.17, 15) is 14.4 Å². The summed E-state index contributed by atoms with van der Waals surface area (Å²) in [6.07, 6.45) is 6.32. The summed E-state index contributed by atoms with van der Waals surface area (Å²) in [5, 5.41) is 5.50. The number of imide groups is 1. The number of allylic oxidation sites excluding steroid dienone is 2. The van der Waals surface area contributed by atoms with Gasteiger partial charge in [0.05, 0.1) is 41.3 Å². The van der Waals surface area contributed by atoms with Gasteiger partial charge >= 0.3 is 0 Å². The Labute approximate surface area is 194 Å². The quantitative estimate of drug-likeness (QED) is 0.369. The van der Waals surface area contributed by atoms with Crippen molar-refractivity contribution in [3.63, 3.8) is 0 Å². The van der Waals surface area contributed by atoms with Crippen LogP contribution in [-0.4, -0.2) is 66.8 Å². The van der Waals surface area contributed by atoms with Gasteiger partial charge in [-0.05, 0) is 36.0 Å². The third kappa shape index (κ3) is 3.70. The zero-order valence-corrected chi connectivity index (χ0v) is 18.6. The number of amides is 3. The van der Waals surface area contributed by atoms with Gasteiger partial charge in [0.25, 0.3) is 17.7 Å². The standard InChI is InChI=1S/C22H21Cl2N3O5/c23-15-7-12(8-16(24)20(15)32-11-17(28)26-3-5-31-6-4-26)10-25-27-21(29)18-13-1-2-14(9-13)19(18)22(27)30/h1-2,7-8,10,13-14,18-19H,3-6,9,11H2/t13-,14-,18-,19+/m0/s1. The Morgan fingerprint density at radius 2 is 1.69 bits per heavy atom. The number of halogens is 2. The summed E-state index contributed by atoms with van der Waals surface area (Å²) in [6, 6.07) is 3.12. The molecule has 10 heteroatoms. The van der Waals surface area contributed by atoms with Crippen LogP contribution in [0.2, 0.25) is 10.0 Å². The number of hydrogen-bond acceptors (Lipinski definition) is 6. The van der Waals surface area contributed by atoms with Crippen LogP contribution in [0.3, 0.4) is 0 Å². The van der Waals surface area contributed by atoms with Crippen LogP contribution in [0.25, 0.3) is 0 Å². The number of carbonyl (C=O) groups excluding carboxylic acids is 3. The molecule has 32 heavy (non-hydrogen) atoms. The van der Waals surface area contributed by atoms with Crippen LogP contribution in [0, 0.1) is 23.7 Å². The van der Waals surface area contributed by atoms with E-state index in [1.165, 1.54) is 6.21 Å². The summed E-state index contributed by atoms with van der Waals surface area (Å²) in [5.74, 6) is -0.852. The number of benzene rings is 1. The molecule has 0 N–H and O–H groups in total. The molecule has 0 aromatic heterocycles. The molecule has 4 atom stereocenters. The van der Waals surface area contributed by atoms with E-state index < -0.39 is 0 Å². The monoisotopic (exact) mass is 477 g/mol. The van der Waals surface area contributed by atoms with E-state index in [-0.39, 0.29) is 63.8 Å². The van der Waals surface area contributed by atoms with Crippen LogP contribution < -0.4 is 4.74 Å². The summed E-state index contributed by atoms with van der Waals surface area (Å²) >= 11 is 12.6. The average molecular weight is 478 g/mol. The molecule has 8 nitrogen and oxygen atoms in total. The van der Waals surface area contributed by atoms with Gasteiger partial charge in [0, 0.05) is 13.1 Å². The molecule has 2 aliphatic carbocycles. The number of fused-ring (bicyclic) bond motifs is 5. The highest BCUT2D eigenvalue weighted by Gasteiger charge is 2.59. The molecule has 2 bridgehead atoms. The minimum absolute atomic E-state index is 0.127. The Morgan fingerprint density at radius 3 is 2.28 bits per heavy atom. The lowest BCUT2D eigenvalue weighted by molar-refractivity contribution is -0.140. The highest BCUT2D eigenvalue weighted by Crippen LogP contribution is 2.52. The summed E-state index contributed by atoms with van der Waals surface area (Å²) in [7, 11) is 0. The van der Waals surface area contributed by atoms with E-state index in [0.717, 1.165) is 11.4 Å². The van der Waals surface area contributed by atoms with Crippen molar-refractivity contribution in [3.8, 4) is 5.75 Å². The molecular formula is C22H21Cl2N3O5. The first-order valence-corrected chi connectivity index (χ1v) is 11.3. The smallest absolute Gasteiger partial charge is 0.260 e. The number of hydrogen-bond donors (Lipinski definition) is 0. The minimum Gasteiger partial charge on any atom is -0.481 e. The third-order valence-electron chi connectivity index (χ3n) is 6.49. The molecule has 0 spiro atoms. The maximum Gasteiger partial charge on any atom is 0.260 e. The fourth-order valence-electron chi connectivity index (χ4n) is 4.95. The zero-order chi connectivity index (χ0) is 22.4. The second-order valence-electron chi connectivity index (χ2n) is 8.33. The summed E-state index contributed by atoms with van der Waals surface area (Å²) < 4.78 is 10.8. The lowest BCUT2D eigenvalue weighted by Crippen LogP contribution is -2.43. The molecule has 5 rings (SSSR count). The molecule has 3 amide bonds. The third-order valence-corrected chi connectivity index (χ3v) is 7.06. The Bertz CT molecular complexity index is 983. The fraction of sp³-hybridized carbons (Fsp3) is 0.455. The lowest BCUT2D eigenvalue weighted by Gasteiger charge is -2.26. The van der Waals surface area contributed by atoms with Crippen molar-refractivity contribution in [2.45, 2.75) is 6.42 Å². The van der Waals surface area contributed by atoms with Crippen LogP contribution in [0.1, 0.15) is 12.0 Å². The van der Waals surface area contributed by atoms with Crippen LogP contribution in [0.15, 0.2) is 29.4 Å². The number of ether oxygens (including phenoxy) is 2. The van der Waals surface area contributed by atoms with E-state index in [1.807, 2.05) is 12.2 Å². The number of rotatable bonds is 5. The van der Waals surface area contributed by atoms with Gasteiger partial charge in [-0.25, -0.2) is 0 Å². The van der Waals surface area contributed by atoms with Gasteiger partial charge in [0.15, 0.2) is 12.4 Å². The molecule has 0 unspecified atom stereocenters. The second-order valence-corrected chi connectivity index (χ2v) is 9.14.